The van der Waals surface area contributed by atoms with Crippen LogP contribution < -0.4 is 4.90 Å². The highest BCUT2D eigenvalue weighted by atomic mass is 15.4. The SMILES string of the molecule is CCC1(C#N)CCCC2N(c3ccccc3)CCN21. The standard InChI is InChI=1S/C16H21N3/c1-2-16(13-17)10-6-9-15-18(11-12-19(15)16)14-7-4-3-5-8-14/h3-5,7-8,15H,2,6,9-12H2,1H3. The van der Waals surface area contributed by atoms with Crippen LogP contribution in [0.5, 0.6) is 0 Å². The fourth-order valence-electron chi connectivity index (χ4n) is 3.71. The molecule has 2 aliphatic rings. The zero-order chi connectivity index (χ0) is 13.3. The fraction of sp³-hybridized carbons (Fsp3) is 0.562. The predicted molar refractivity (Wildman–Crippen MR) is 76.8 cm³/mol. The van der Waals surface area contributed by atoms with Gasteiger partial charge in [-0.1, -0.05) is 25.1 Å². The van der Waals surface area contributed by atoms with E-state index < -0.39 is 0 Å². The normalized spacial score (nSPS) is 30.9. The van der Waals surface area contributed by atoms with Crippen LogP contribution in [0.25, 0.3) is 0 Å². The Labute approximate surface area is 115 Å². The van der Waals surface area contributed by atoms with Crippen LogP contribution in [0, 0.1) is 11.3 Å². The molecule has 1 aromatic carbocycles. The molecule has 0 aromatic heterocycles. The molecular formula is C16H21N3. The number of rotatable bonds is 2. The first kappa shape index (κ1) is 12.5. The maximum absolute atomic E-state index is 9.64. The minimum absolute atomic E-state index is 0.230. The first-order valence-corrected chi connectivity index (χ1v) is 7.30. The highest BCUT2D eigenvalue weighted by molar-refractivity contribution is 5.48. The molecule has 19 heavy (non-hydrogen) atoms. The third-order valence-electron chi connectivity index (χ3n) is 4.78. The first-order chi connectivity index (χ1) is 9.30. The van der Waals surface area contributed by atoms with Gasteiger partial charge in [0.05, 0.1) is 12.2 Å². The maximum Gasteiger partial charge on any atom is 0.110 e. The summed E-state index contributed by atoms with van der Waals surface area (Å²) in [7, 11) is 0. The first-order valence-electron chi connectivity index (χ1n) is 7.30. The molecule has 0 aliphatic carbocycles. The average Bonchev–Trinajstić information content (AvgIpc) is 2.92. The summed E-state index contributed by atoms with van der Waals surface area (Å²) in [5.41, 5.74) is 1.06. The summed E-state index contributed by atoms with van der Waals surface area (Å²) >= 11 is 0. The summed E-state index contributed by atoms with van der Waals surface area (Å²) in [6.45, 7) is 4.20. The lowest BCUT2D eigenvalue weighted by atomic mass is 9.84. The van der Waals surface area contributed by atoms with Crippen molar-refractivity contribution >= 4 is 5.69 Å². The molecule has 0 N–H and O–H groups in total. The summed E-state index contributed by atoms with van der Waals surface area (Å²) in [6, 6.07) is 13.2. The summed E-state index contributed by atoms with van der Waals surface area (Å²) < 4.78 is 0. The Morgan fingerprint density at radius 1 is 1.32 bits per heavy atom. The van der Waals surface area contributed by atoms with E-state index in [4.69, 9.17) is 0 Å². The molecule has 3 heteroatoms. The third-order valence-corrected chi connectivity index (χ3v) is 4.78. The third kappa shape index (κ3) is 1.91. The van der Waals surface area contributed by atoms with Gasteiger partial charge in [-0.05, 0) is 37.8 Å². The minimum atomic E-state index is -0.230. The molecule has 0 spiro atoms. The van der Waals surface area contributed by atoms with Gasteiger partial charge in [0, 0.05) is 18.8 Å². The second-order valence-electron chi connectivity index (χ2n) is 5.59. The van der Waals surface area contributed by atoms with Crippen molar-refractivity contribution in [2.45, 2.75) is 44.3 Å². The molecule has 3 nitrogen and oxygen atoms in total. The molecule has 2 atom stereocenters. The van der Waals surface area contributed by atoms with Crippen LogP contribution in [-0.2, 0) is 0 Å². The maximum atomic E-state index is 9.64. The van der Waals surface area contributed by atoms with Crippen molar-refractivity contribution in [1.29, 1.82) is 5.26 Å². The van der Waals surface area contributed by atoms with Crippen molar-refractivity contribution in [3.05, 3.63) is 30.3 Å². The van der Waals surface area contributed by atoms with Gasteiger partial charge in [-0.3, -0.25) is 4.90 Å². The van der Waals surface area contributed by atoms with Crippen molar-refractivity contribution in [3.8, 4) is 6.07 Å². The molecule has 0 radical (unpaired) electrons. The number of nitrogens with zero attached hydrogens (tertiary/aromatic N) is 3. The van der Waals surface area contributed by atoms with E-state index in [0.29, 0.717) is 6.17 Å². The van der Waals surface area contributed by atoms with E-state index in [1.54, 1.807) is 0 Å². The molecule has 0 bridgehead atoms. The molecule has 1 aromatic rings. The van der Waals surface area contributed by atoms with E-state index in [1.165, 1.54) is 12.1 Å². The van der Waals surface area contributed by atoms with Gasteiger partial charge >= 0.3 is 0 Å². The Hall–Kier alpha value is -1.53. The molecule has 2 saturated heterocycles. The monoisotopic (exact) mass is 255 g/mol. The van der Waals surface area contributed by atoms with Gasteiger partial charge in [-0.2, -0.15) is 5.26 Å². The molecule has 2 fully saturated rings. The molecule has 0 amide bonds. The Kier molecular flexibility index (Phi) is 3.20. The van der Waals surface area contributed by atoms with Crippen molar-refractivity contribution in [3.63, 3.8) is 0 Å². The lowest BCUT2D eigenvalue weighted by molar-refractivity contribution is 0.0684. The van der Waals surface area contributed by atoms with Gasteiger partial charge in [0.15, 0.2) is 0 Å². The van der Waals surface area contributed by atoms with E-state index >= 15 is 0 Å². The van der Waals surface area contributed by atoms with Gasteiger partial charge in [0.1, 0.15) is 5.54 Å². The number of anilines is 1. The van der Waals surface area contributed by atoms with Crippen LogP contribution in [0.2, 0.25) is 0 Å². The van der Waals surface area contributed by atoms with Crippen LogP contribution in [0.1, 0.15) is 32.6 Å². The Morgan fingerprint density at radius 2 is 2.11 bits per heavy atom. The Bertz CT molecular complexity index is 479. The van der Waals surface area contributed by atoms with E-state index in [0.717, 1.165) is 32.4 Å². The number of hydrogen-bond acceptors (Lipinski definition) is 3. The predicted octanol–water partition coefficient (Wildman–Crippen LogP) is 2.99. The van der Waals surface area contributed by atoms with Crippen molar-refractivity contribution in [2.24, 2.45) is 0 Å². The lowest BCUT2D eigenvalue weighted by Gasteiger charge is -2.45. The van der Waals surface area contributed by atoms with Gasteiger partial charge in [-0.25, -0.2) is 0 Å². The van der Waals surface area contributed by atoms with Crippen molar-refractivity contribution < 1.29 is 0 Å². The van der Waals surface area contributed by atoms with Crippen molar-refractivity contribution in [2.75, 3.05) is 18.0 Å². The molecule has 100 valence electrons. The molecular weight excluding hydrogens is 234 g/mol. The van der Waals surface area contributed by atoms with Crippen LogP contribution in [0.3, 0.4) is 0 Å². The second-order valence-corrected chi connectivity index (χ2v) is 5.59. The average molecular weight is 255 g/mol. The Morgan fingerprint density at radius 3 is 2.79 bits per heavy atom. The number of fused-ring (bicyclic) bond motifs is 1. The van der Waals surface area contributed by atoms with Gasteiger partial charge in [0.2, 0.25) is 0 Å². The van der Waals surface area contributed by atoms with E-state index in [1.807, 2.05) is 0 Å². The highest BCUT2D eigenvalue weighted by Crippen LogP contribution is 2.39. The molecule has 0 saturated carbocycles. The van der Waals surface area contributed by atoms with Crippen LogP contribution in [0.4, 0.5) is 5.69 Å². The number of para-hydroxylation sites is 1. The van der Waals surface area contributed by atoms with E-state index in [-0.39, 0.29) is 5.54 Å². The smallest absolute Gasteiger partial charge is 0.110 e. The van der Waals surface area contributed by atoms with E-state index in [9.17, 15) is 5.26 Å². The molecule has 2 unspecified atom stereocenters. The highest BCUT2D eigenvalue weighted by Gasteiger charge is 2.47. The number of benzene rings is 1. The van der Waals surface area contributed by atoms with Gasteiger partial charge in [0.25, 0.3) is 0 Å². The largest absolute Gasteiger partial charge is 0.354 e. The summed E-state index contributed by atoms with van der Waals surface area (Å²) in [5, 5.41) is 9.64. The van der Waals surface area contributed by atoms with Gasteiger partial charge in [-0.15, -0.1) is 0 Å². The zero-order valence-electron chi connectivity index (χ0n) is 11.5. The summed E-state index contributed by atoms with van der Waals surface area (Å²) in [4.78, 5) is 4.92. The van der Waals surface area contributed by atoms with E-state index in [2.05, 4.69) is 53.1 Å². The van der Waals surface area contributed by atoms with Crippen LogP contribution in [0.15, 0.2) is 30.3 Å². The fourth-order valence-corrected chi connectivity index (χ4v) is 3.71. The zero-order valence-corrected chi connectivity index (χ0v) is 11.5. The molecule has 3 rings (SSSR count). The lowest BCUT2D eigenvalue weighted by Crippen LogP contribution is -2.55. The quantitative estimate of drug-likeness (QED) is 0.814. The summed E-state index contributed by atoms with van der Waals surface area (Å²) in [5.74, 6) is 0. The van der Waals surface area contributed by atoms with Crippen LogP contribution >= 0.6 is 0 Å². The number of hydrogen-bond donors (Lipinski definition) is 0. The second kappa shape index (κ2) is 4.86. The summed E-state index contributed by atoms with van der Waals surface area (Å²) in [6.07, 6.45) is 4.71. The van der Waals surface area contributed by atoms with Gasteiger partial charge < -0.3 is 4.90 Å². The van der Waals surface area contributed by atoms with Crippen molar-refractivity contribution in [1.82, 2.24) is 4.90 Å². The minimum Gasteiger partial charge on any atom is -0.354 e. The number of piperidine rings is 1. The number of nitriles is 1. The molecule has 2 aliphatic heterocycles. The topological polar surface area (TPSA) is 30.3 Å². The Balaban J connectivity index is 1.89. The van der Waals surface area contributed by atoms with Crippen LogP contribution in [-0.4, -0.2) is 29.7 Å². The molecule has 2 heterocycles.